The number of rotatable bonds is 4. The number of carboxylic acid groups (broad SMARTS) is 1. The first kappa shape index (κ1) is 24.2. The standard InChI is InChI=1S/C19H26N2O4.C2HF3O2/c22-18(15-5-10-23-11-6-15)21-9-4-16-19(13-21,7-12-24-16)14-25-17-3-1-2-8-20-17;3-2(4,5)1(6)7/h1-3,8,15-16H,4-7,9-14H2;(H,6,7)/t16-,19+;/m1./s1. The lowest BCUT2D eigenvalue weighted by Gasteiger charge is -2.44. The van der Waals surface area contributed by atoms with Gasteiger partial charge in [0.15, 0.2) is 0 Å². The van der Waals surface area contributed by atoms with Crippen molar-refractivity contribution in [1.29, 1.82) is 0 Å². The number of fused-ring (bicyclic) bond motifs is 1. The molecule has 3 saturated heterocycles. The Balaban J connectivity index is 0.000000360. The van der Waals surface area contributed by atoms with Crippen molar-refractivity contribution in [2.75, 3.05) is 39.5 Å². The second-order valence-electron chi connectivity index (χ2n) is 8.17. The number of aliphatic carboxylic acids is 1. The normalized spacial score (nSPS) is 26.0. The van der Waals surface area contributed by atoms with Gasteiger partial charge in [0.05, 0.1) is 18.1 Å². The number of aromatic nitrogens is 1. The third-order valence-electron chi connectivity index (χ3n) is 6.04. The van der Waals surface area contributed by atoms with Crippen molar-refractivity contribution in [3.8, 4) is 5.88 Å². The molecule has 0 unspecified atom stereocenters. The van der Waals surface area contributed by atoms with Crippen LogP contribution in [0, 0.1) is 11.3 Å². The van der Waals surface area contributed by atoms with Crippen LogP contribution in [0.4, 0.5) is 13.2 Å². The van der Waals surface area contributed by atoms with Crippen molar-refractivity contribution in [3.63, 3.8) is 0 Å². The Bertz CT molecular complexity index is 773. The second kappa shape index (κ2) is 10.5. The lowest BCUT2D eigenvalue weighted by atomic mass is 9.77. The maximum absolute atomic E-state index is 12.9. The van der Waals surface area contributed by atoms with Crippen LogP contribution in [0.5, 0.6) is 5.88 Å². The van der Waals surface area contributed by atoms with E-state index in [0.717, 1.165) is 45.4 Å². The molecule has 0 radical (unpaired) electrons. The van der Waals surface area contributed by atoms with E-state index in [-0.39, 0.29) is 23.3 Å². The average Bonchev–Trinajstić information content (AvgIpc) is 3.22. The number of ether oxygens (including phenoxy) is 3. The third-order valence-corrected chi connectivity index (χ3v) is 6.04. The van der Waals surface area contributed by atoms with Gasteiger partial charge >= 0.3 is 12.1 Å². The maximum Gasteiger partial charge on any atom is 0.490 e. The number of carbonyl (C=O) groups excluding carboxylic acids is 1. The molecule has 0 saturated carbocycles. The van der Waals surface area contributed by atoms with Gasteiger partial charge in [0, 0.05) is 51.1 Å². The van der Waals surface area contributed by atoms with E-state index < -0.39 is 12.1 Å². The fourth-order valence-electron chi connectivity index (χ4n) is 4.30. The van der Waals surface area contributed by atoms with Crippen LogP contribution >= 0.6 is 0 Å². The number of hydrogen-bond donors (Lipinski definition) is 1. The summed E-state index contributed by atoms with van der Waals surface area (Å²) in [5.41, 5.74) is -0.114. The molecular weight excluding hydrogens is 433 g/mol. The molecule has 3 aliphatic heterocycles. The van der Waals surface area contributed by atoms with Crippen molar-refractivity contribution >= 4 is 11.9 Å². The minimum atomic E-state index is -5.08. The van der Waals surface area contributed by atoms with Crippen LogP contribution in [0.2, 0.25) is 0 Å². The number of alkyl halides is 3. The summed E-state index contributed by atoms with van der Waals surface area (Å²) < 4.78 is 49.1. The zero-order chi connectivity index (χ0) is 23.2. The molecule has 2 atom stereocenters. The van der Waals surface area contributed by atoms with Gasteiger partial charge in [-0.3, -0.25) is 4.79 Å². The molecule has 1 amide bonds. The van der Waals surface area contributed by atoms with Crippen LogP contribution < -0.4 is 4.74 Å². The molecule has 0 aliphatic carbocycles. The first-order valence-electron chi connectivity index (χ1n) is 10.5. The molecule has 3 fully saturated rings. The van der Waals surface area contributed by atoms with Crippen LogP contribution in [0.15, 0.2) is 24.4 Å². The summed E-state index contributed by atoms with van der Waals surface area (Å²) >= 11 is 0. The molecule has 3 aliphatic rings. The van der Waals surface area contributed by atoms with E-state index in [9.17, 15) is 18.0 Å². The predicted molar refractivity (Wildman–Crippen MR) is 105 cm³/mol. The van der Waals surface area contributed by atoms with Gasteiger partial charge in [-0.1, -0.05) is 6.07 Å². The van der Waals surface area contributed by atoms with Gasteiger partial charge in [-0.15, -0.1) is 0 Å². The van der Waals surface area contributed by atoms with Gasteiger partial charge in [0.2, 0.25) is 11.8 Å². The van der Waals surface area contributed by atoms with Crippen molar-refractivity contribution in [1.82, 2.24) is 9.88 Å². The van der Waals surface area contributed by atoms with Gasteiger partial charge in [-0.2, -0.15) is 13.2 Å². The Morgan fingerprint density at radius 2 is 1.94 bits per heavy atom. The highest BCUT2D eigenvalue weighted by molar-refractivity contribution is 5.79. The summed E-state index contributed by atoms with van der Waals surface area (Å²) in [6.07, 6.45) is 0.328. The van der Waals surface area contributed by atoms with Crippen molar-refractivity contribution in [2.45, 2.75) is 38.0 Å². The SMILES string of the molecule is O=C(C1CCOCC1)N1CC[C@H]2OCC[C@@]2(COc2ccccn2)C1.O=C(O)C(F)(F)F. The molecule has 1 aromatic heterocycles. The Kier molecular flexibility index (Phi) is 7.94. The molecule has 11 heteroatoms. The quantitative estimate of drug-likeness (QED) is 0.737. The van der Waals surface area contributed by atoms with Crippen molar-refractivity contribution in [2.24, 2.45) is 11.3 Å². The second-order valence-corrected chi connectivity index (χ2v) is 8.17. The molecule has 4 heterocycles. The van der Waals surface area contributed by atoms with Crippen molar-refractivity contribution in [3.05, 3.63) is 24.4 Å². The Labute approximate surface area is 183 Å². The topological polar surface area (TPSA) is 98.2 Å². The molecule has 0 spiro atoms. The number of pyridine rings is 1. The molecule has 4 rings (SSSR count). The van der Waals surface area contributed by atoms with E-state index in [2.05, 4.69) is 4.98 Å². The number of nitrogens with zero attached hydrogens (tertiary/aromatic N) is 2. The molecule has 178 valence electrons. The van der Waals surface area contributed by atoms with Gasteiger partial charge < -0.3 is 24.2 Å². The monoisotopic (exact) mass is 460 g/mol. The van der Waals surface area contributed by atoms with E-state index in [1.54, 1.807) is 6.20 Å². The number of hydrogen-bond acceptors (Lipinski definition) is 6. The fourth-order valence-corrected chi connectivity index (χ4v) is 4.30. The minimum Gasteiger partial charge on any atom is -0.477 e. The Hall–Kier alpha value is -2.40. The molecule has 8 nitrogen and oxygen atoms in total. The summed E-state index contributed by atoms with van der Waals surface area (Å²) in [6.45, 7) is 4.20. The van der Waals surface area contributed by atoms with Gasteiger partial charge in [-0.25, -0.2) is 9.78 Å². The minimum absolute atomic E-state index is 0.112. The van der Waals surface area contributed by atoms with E-state index in [0.29, 0.717) is 25.7 Å². The number of carbonyl (C=O) groups is 2. The third kappa shape index (κ3) is 6.10. The number of carboxylic acids is 1. The van der Waals surface area contributed by atoms with Gasteiger partial charge in [0.1, 0.15) is 0 Å². The summed E-state index contributed by atoms with van der Waals surface area (Å²) in [5, 5.41) is 7.12. The zero-order valence-electron chi connectivity index (χ0n) is 17.6. The van der Waals surface area contributed by atoms with Crippen LogP contribution in [0.25, 0.3) is 0 Å². The van der Waals surface area contributed by atoms with E-state index in [4.69, 9.17) is 24.1 Å². The molecule has 32 heavy (non-hydrogen) atoms. The number of amides is 1. The molecule has 0 bridgehead atoms. The van der Waals surface area contributed by atoms with E-state index in [1.807, 2.05) is 23.1 Å². The highest BCUT2D eigenvalue weighted by Gasteiger charge is 2.50. The maximum atomic E-state index is 12.9. The molecule has 1 N–H and O–H groups in total. The van der Waals surface area contributed by atoms with Crippen LogP contribution in [0.3, 0.4) is 0 Å². The predicted octanol–water partition coefficient (Wildman–Crippen LogP) is 2.53. The number of likely N-dealkylation sites (tertiary alicyclic amines) is 1. The first-order chi connectivity index (χ1) is 15.2. The zero-order valence-corrected chi connectivity index (χ0v) is 17.6. The Morgan fingerprint density at radius 3 is 2.56 bits per heavy atom. The van der Waals surface area contributed by atoms with E-state index in [1.165, 1.54) is 0 Å². The molecule has 0 aromatic carbocycles. The van der Waals surface area contributed by atoms with Crippen molar-refractivity contribution < 1.29 is 42.1 Å². The molecular formula is C21H27F3N2O6. The van der Waals surface area contributed by atoms with Crippen LogP contribution in [-0.2, 0) is 19.1 Å². The number of piperidine rings is 1. The summed E-state index contributed by atoms with van der Waals surface area (Å²) in [4.78, 5) is 28.1. The molecule has 1 aromatic rings. The van der Waals surface area contributed by atoms with Gasteiger partial charge in [-0.05, 0) is 31.7 Å². The first-order valence-corrected chi connectivity index (χ1v) is 10.5. The Morgan fingerprint density at radius 1 is 1.22 bits per heavy atom. The van der Waals surface area contributed by atoms with Gasteiger partial charge in [0.25, 0.3) is 0 Å². The highest BCUT2D eigenvalue weighted by atomic mass is 19.4. The van der Waals surface area contributed by atoms with Crippen LogP contribution in [0.1, 0.15) is 25.7 Å². The summed E-state index contributed by atoms with van der Waals surface area (Å²) in [5.74, 6) is -1.73. The fraction of sp³-hybridized carbons (Fsp3) is 0.667. The number of halogens is 3. The van der Waals surface area contributed by atoms with Crippen LogP contribution in [-0.4, -0.2) is 78.7 Å². The smallest absolute Gasteiger partial charge is 0.477 e. The average molecular weight is 460 g/mol. The lowest BCUT2D eigenvalue weighted by Crippen LogP contribution is -2.55. The summed E-state index contributed by atoms with van der Waals surface area (Å²) in [6, 6.07) is 5.67. The largest absolute Gasteiger partial charge is 0.490 e. The lowest BCUT2D eigenvalue weighted by molar-refractivity contribution is -0.192. The highest BCUT2D eigenvalue weighted by Crippen LogP contribution is 2.41. The summed E-state index contributed by atoms with van der Waals surface area (Å²) in [7, 11) is 0. The van der Waals surface area contributed by atoms with E-state index >= 15 is 0 Å².